The molecule has 0 spiro atoms. The van der Waals surface area contributed by atoms with E-state index in [0.29, 0.717) is 0 Å². The summed E-state index contributed by atoms with van der Waals surface area (Å²) in [5, 5.41) is 0. The fourth-order valence-corrected chi connectivity index (χ4v) is 1.66. The molecule has 0 heterocycles. The minimum atomic E-state index is 0.0789. The third-order valence-corrected chi connectivity index (χ3v) is 2.76. The van der Waals surface area contributed by atoms with Gasteiger partial charge in [0.15, 0.2) is 0 Å². The van der Waals surface area contributed by atoms with Crippen molar-refractivity contribution in [3.8, 4) is 0 Å². The van der Waals surface area contributed by atoms with Gasteiger partial charge in [0.25, 0.3) is 0 Å². The molecule has 0 saturated heterocycles. The van der Waals surface area contributed by atoms with Gasteiger partial charge >= 0.3 is 0 Å². The molecule has 1 amide bonds. The van der Waals surface area contributed by atoms with Crippen molar-refractivity contribution in [1.82, 2.24) is 4.90 Å². The highest BCUT2D eigenvalue weighted by atomic mass is 16.2. The number of benzene rings is 1. The zero-order valence-electron chi connectivity index (χ0n) is 11.4. The summed E-state index contributed by atoms with van der Waals surface area (Å²) in [4.78, 5) is 13.6. The summed E-state index contributed by atoms with van der Waals surface area (Å²) in [7, 11) is 0. The molecule has 0 N–H and O–H groups in total. The molecule has 0 unspecified atom stereocenters. The minimum absolute atomic E-state index is 0.0789. The van der Waals surface area contributed by atoms with Crippen LogP contribution in [0.3, 0.4) is 0 Å². The van der Waals surface area contributed by atoms with Crippen LogP contribution in [-0.4, -0.2) is 23.9 Å². The van der Waals surface area contributed by atoms with Crippen LogP contribution in [0.1, 0.15) is 26.3 Å². The lowest BCUT2D eigenvalue weighted by atomic mass is 10.1. The molecular formula is C16H21NO. The molecule has 0 aliphatic heterocycles. The van der Waals surface area contributed by atoms with Gasteiger partial charge in [-0.3, -0.25) is 4.79 Å². The lowest BCUT2D eigenvalue weighted by molar-refractivity contribution is -0.125. The summed E-state index contributed by atoms with van der Waals surface area (Å²) < 4.78 is 0. The lowest BCUT2D eigenvalue weighted by Gasteiger charge is -2.16. The summed E-state index contributed by atoms with van der Waals surface area (Å²) in [5.41, 5.74) is 2.11. The van der Waals surface area contributed by atoms with Crippen LogP contribution in [0.4, 0.5) is 0 Å². The Hall–Kier alpha value is -1.83. The van der Waals surface area contributed by atoms with Gasteiger partial charge in [0, 0.05) is 19.2 Å². The molecule has 0 aliphatic rings. The first kappa shape index (κ1) is 14.2. The number of allylic oxidation sites excluding steroid dienone is 2. The average molecular weight is 243 g/mol. The molecule has 96 valence electrons. The van der Waals surface area contributed by atoms with E-state index >= 15 is 0 Å². The second-order valence-corrected chi connectivity index (χ2v) is 4.14. The standard InChI is InChI=1S/C16H21NO/c1-4-17(5-2)16(18)13-14(3)11-12-15-9-7-6-8-10-15/h6-13H,4-5H2,1-3H3/b12-11+,14-13+. The van der Waals surface area contributed by atoms with E-state index in [4.69, 9.17) is 0 Å². The van der Waals surface area contributed by atoms with Crippen molar-refractivity contribution in [2.45, 2.75) is 20.8 Å². The quantitative estimate of drug-likeness (QED) is 0.572. The van der Waals surface area contributed by atoms with Crippen molar-refractivity contribution in [2.75, 3.05) is 13.1 Å². The van der Waals surface area contributed by atoms with Crippen molar-refractivity contribution in [1.29, 1.82) is 0 Å². The fraction of sp³-hybridized carbons (Fsp3) is 0.312. The van der Waals surface area contributed by atoms with E-state index in [1.54, 1.807) is 11.0 Å². The Balaban J connectivity index is 2.67. The van der Waals surface area contributed by atoms with E-state index < -0.39 is 0 Å². The van der Waals surface area contributed by atoms with E-state index in [1.165, 1.54) is 0 Å². The Labute approximate surface area is 110 Å². The molecule has 0 atom stereocenters. The number of hydrogen-bond donors (Lipinski definition) is 0. The summed E-state index contributed by atoms with van der Waals surface area (Å²) in [5.74, 6) is 0.0789. The average Bonchev–Trinajstić information content (AvgIpc) is 2.39. The maximum atomic E-state index is 11.8. The number of rotatable bonds is 5. The van der Waals surface area contributed by atoms with Gasteiger partial charge in [0.1, 0.15) is 0 Å². The molecule has 0 fully saturated rings. The molecule has 2 heteroatoms. The Morgan fingerprint density at radius 3 is 2.33 bits per heavy atom. The van der Waals surface area contributed by atoms with Crippen LogP contribution in [0.5, 0.6) is 0 Å². The van der Waals surface area contributed by atoms with Crippen molar-refractivity contribution < 1.29 is 4.79 Å². The van der Waals surface area contributed by atoms with Gasteiger partial charge in [-0.25, -0.2) is 0 Å². The molecule has 0 aliphatic carbocycles. The Morgan fingerprint density at radius 2 is 1.78 bits per heavy atom. The van der Waals surface area contributed by atoms with E-state index in [-0.39, 0.29) is 5.91 Å². The van der Waals surface area contributed by atoms with Gasteiger partial charge in [0.2, 0.25) is 5.91 Å². The monoisotopic (exact) mass is 243 g/mol. The van der Waals surface area contributed by atoms with Gasteiger partial charge in [-0.1, -0.05) is 42.5 Å². The number of carbonyl (C=O) groups is 1. The first-order chi connectivity index (χ1) is 8.67. The normalized spacial score (nSPS) is 11.8. The Bertz CT molecular complexity index is 428. The first-order valence-electron chi connectivity index (χ1n) is 6.37. The topological polar surface area (TPSA) is 20.3 Å². The van der Waals surface area contributed by atoms with Gasteiger partial charge in [-0.2, -0.15) is 0 Å². The van der Waals surface area contributed by atoms with E-state index in [2.05, 4.69) is 0 Å². The number of amides is 1. The zero-order valence-corrected chi connectivity index (χ0v) is 11.4. The molecule has 1 aromatic rings. The molecule has 0 aromatic heterocycles. The number of nitrogens with zero attached hydrogens (tertiary/aromatic N) is 1. The molecule has 1 aromatic carbocycles. The fourth-order valence-electron chi connectivity index (χ4n) is 1.66. The van der Waals surface area contributed by atoms with Crippen molar-refractivity contribution >= 4 is 12.0 Å². The smallest absolute Gasteiger partial charge is 0.246 e. The predicted molar refractivity (Wildman–Crippen MR) is 77.2 cm³/mol. The second-order valence-electron chi connectivity index (χ2n) is 4.14. The summed E-state index contributed by atoms with van der Waals surface area (Å²) in [6.45, 7) is 7.43. The maximum Gasteiger partial charge on any atom is 0.246 e. The highest BCUT2D eigenvalue weighted by molar-refractivity contribution is 5.88. The Kier molecular flexibility index (Phi) is 5.92. The van der Waals surface area contributed by atoms with Crippen molar-refractivity contribution in [2.24, 2.45) is 0 Å². The summed E-state index contributed by atoms with van der Waals surface area (Å²) in [6, 6.07) is 10.1. The van der Waals surface area contributed by atoms with Crippen LogP contribution < -0.4 is 0 Å². The van der Waals surface area contributed by atoms with Crippen LogP contribution in [0.25, 0.3) is 6.08 Å². The van der Waals surface area contributed by atoms with Gasteiger partial charge in [0.05, 0.1) is 0 Å². The van der Waals surface area contributed by atoms with Gasteiger partial charge < -0.3 is 4.90 Å². The molecule has 0 radical (unpaired) electrons. The third-order valence-electron chi connectivity index (χ3n) is 2.76. The van der Waals surface area contributed by atoms with Crippen LogP contribution in [0.2, 0.25) is 0 Å². The van der Waals surface area contributed by atoms with E-state index in [1.807, 2.05) is 63.3 Å². The van der Waals surface area contributed by atoms with Crippen LogP contribution in [-0.2, 0) is 4.79 Å². The number of likely N-dealkylation sites (N-methyl/N-ethyl adjacent to an activating group) is 1. The molecular weight excluding hydrogens is 222 g/mol. The largest absolute Gasteiger partial charge is 0.340 e. The van der Waals surface area contributed by atoms with Crippen LogP contribution in [0, 0.1) is 0 Å². The molecule has 2 nitrogen and oxygen atoms in total. The maximum absolute atomic E-state index is 11.8. The second kappa shape index (κ2) is 7.49. The van der Waals surface area contributed by atoms with Crippen LogP contribution in [0.15, 0.2) is 48.1 Å². The van der Waals surface area contributed by atoms with E-state index in [0.717, 1.165) is 24.2 Å². The summed E-state index contributed by atoms with van der Waals surface area (Å²) in [6.07, 6.45) is 5.67. The summed E-state index contributed by atoms with van der Waals surface area (Å²) >= 11 is 0. The van der Waals surface area contributed by atoms with Crippen molar-refractivity contribution in [3.63, 3.8) is 0 Å². The minimum Gasteiger partial charge on any atom is -0.340 e. The molecule has 1 rings (SSSR count). The number of hydrogen-bond acceptors (Lipinski definition) is 1. The van der Waals surface area contributed by atoms with Gasteiger partial charge in [-0.15, -0.1) is 0 Å². The molecule has 0 saturated carbocycles. The molecule has 0 bridgehead atoms. The van der Waals surface area contributed by atoms with Crippen LogP contribution >= 0.6 is 0 Å². The first-order valence-corrected chi connectivity index (χ1v) is 6.37. The third kappa shape index (κ3) is 4.58. The van der Waals surface area contributed by atoms with Crippen molar-refractivity contribution in [3.05, 3.63) is 53.6 Å². The zero-order chi connectivity index (χ0) is 13.4. The highest BCUT2D eigenvalue weighted by Crippen LogP contribution is 2.05. The lowest BCUT2D eigenvalue weighted by Crippen LogP contribution is -2.28. The highest BCUT2D eigenvalue weighted by Gasteiger charge is 2.05. The van der Waals surface area contributed by atoms with E-state index in [9.17, 15) is 4.79 Å². The van der Waals surface area contributed by atoms with Gasteiger partial charge in [-0.05, 0) is 31.9 Å². The molecule has 18 heavy (non-hydrogen) atoms. The predicted octanol–water partition coefficient (Wildman–Crippen LogP) is 3.51. The number of carbonyl (C=O) groups excluding carboxylic acids is 1. The Morgan fingerprint density at radius 1 is 1.17 bits per heavy atom. The SMILES string of the molecule is CCN(CC)C(=O)/C=C(C)/C=C/c1ccccc1.